The van der Waals surface area contributed by atoms with E-state index >= 15 is 0 Å². The van der Waals surface area contributed by atoms with E-state index in [0.717, 1.165) is 12.3 Å². The molecular formula is C11H11FN2O3. The van der Waals surface area contributed by atoms with Crippen LogP contribution in [0, 0.1) is 5.95 Å². The highest BCUT2D eigenvalue weighted by Gasteiger charge is 2.34. The van der Waals surface area contributed by atoms with E-state index in [1.165, 1.54) is 11.0 Å². The number of carboxylic acid groups (broad SMARTS) is 1. The van der Waals surface area contributed by atoms with Crippen LogP contribution in [0.5, 0.6) is 0 Å². The number of amides is 1. The molecule has 1 amide bonds. The number of halogens is 1. The van der Waals surface area contributed by atoms with Crippen LogP contribution >= 0.6 is 0 Å². The zero-order chi connectivity index (χ0) is 12.4. The Morgan fingerprint density at radius 3 is 2.82 bits per heavy atom. The van der Waals surface area contributed by atoms with Gasteiger partial charge in [0.2, 0.25) is 5.95 Å². The molecule has 17 heavy (non-hydrogen) atoms. The summed E-state index contributed by atoms with van der Waals surface area (Å²) in [6.07, 6.45) is 2.24. The maximum absolute atomic E-state index is 12.6. The maximum atomic E-state index is 12.6. The topological polar surface area (TPSA) is 70.5 Å². The molecule has 2 rings (SSSR count). The van der Waals surface area contributed by atoms with Gasteiger partial charge >= 0.3 is 5.97 Å². The summed E-state index contributed by atoms with van der Waals surface area (Å²) in [6.45, 7) is 0.410. The fraction of sp³-hybridized carbons (Fsp3) is 0.364. The zero-order valence-electron chi connectivity index (χ0n) is 8.97. The summed E-state index contributed by atoms with van der Waals surface area (Å²) in [4.78, 5) is 27.6. The molecule has 5 nitrogen and oxygen atoms in total. The van der Waals surface area contributed by atoms with Crippen molar-refractivity contribution in [2.75, 3.05) is 6.54 Å². The highest BCUT2D eigenvalue weighted by Crippen LogP contribution is 2.20. The predicted molar refractivity (Wildman–Crippen MR) is 55.9 cm³/mol. The summed E-state index contributed by atoms with van der Waals surface area (Å²) in [7, 11) is 0. The second-order valence-corrected chi connectivity index (χ2v) is 3.86. The number of aliphatic carboxylic acids is 1. The Kier molecular flexibility index (Phi) is 3.03. The van der Waals surface area contributed by atoms with Crippen molar-refractivity contribution in [2.45, 2.75) is 18.9 Å². The number of carbonyl (C=O) groups is 2. The van der Waals surface area contributed by atoms with Crippen molar-refractivity contribution in [1.29, 1.82) is 0 Å². The molecule has 0 unspecified atom stereocenters. The van der Waals surface area contributed by atoms with Gasteiger partial charge in [-0.3, -0.25) is 4.79 Å². The number of rotatable bonds is 2. The predicted octanol–water partition coefficient (Wildman–Crippen LogP) is 0.910. The molecule has 0 aliphatic carbocycles. The fourth-order valence-electron chi connectivity index (χ4n) is 1.93. The van der Waals surface area contributed by atoms with Crippen LogP contribution in [0.25, 0.3) is 0 Å². The van der Waals surface area contributed by atoms with Crippen molar-refractivity contribution < 1.29 is 19.1 Å². The Morgan fingerprint density at radius 1 is 1.47 bits per heavy atom. The quantitative estimate of drug-likeness (QED) is 0.777. The van der Waals surface area contributed by atoms with Gasteiger partial charge in [0.1, 0.15) is 6.04 Å². The number of hydrogen-bond acceptors (Lipinski definition) is 3. The maximum Gasteiger partial charge on any atom is 0.326 e. The fourth-order valence-corrected chi connectivity index (χ4v) is 1.93. The first-order chi connectivity index (χ1) is 8.09. The SMILES string of the molecule is O=C(O)[C@@H]1CCCN1C(=O)c1ccc(F)nc1. The van der Waals surface area contributed by atoms with Gasteiger partial charge in [0.15, 0.2) is 0 Å². The highest BCUT2D eigenvalue weighted by molar-refractivity contribution is 5.96. The van der Waals surface area contributed by atoms with Crippen LogP contribution in [0.4, 0.5) is 4.39 Å². The van der Waals surface area contributed by atoms with E-state index in [1.807, 2.05) is 0 Å². The second kappa shape index (κ2) is 4.48. The lowest BCUT2D eigenvalue weighted by Crippen LogP contribution is -2.40. The molecule has 2 heterocycles. The Balaban J connectivity index is 2.19. The van der Waals surface area contributed by atoms with E-state index in [2.05, 4.69) is 4.98 Å². The van der Waals surface area contributed by atoms with Gasteiger partial charge in [0.25, 0.3) is 5.91 Å². The molecular weight excluding hydrogens is 227 g/mol. The minimum Gasteiger partial charge on any atom is -0.480 e. The Bertz CT molecular complexity index is 447. The minimum absolute atomic E-state index is 0.208. The second-order valence-electron chi connectivity index (χ2n) is 3.86. The summed E-state index contributed by atoms with van der Waals surface area (Å²) in [5.41, 5.74) is 0.208. The normalized spacial score (nSPS) is 19.4. The van der Waals surface area contributed by atoms with Gasteiger partial charge in [-0.15, -0.1) is 0 Å². The van der Waals surface area contributed by atoms with Crippen molar-refractivity contribution in [3.05, 3.63) is 29.8 Å². The van der Waals surface area contributed by atoms with E-state index in [9.17, 15) is 14.0 Å². The average Bonchev–Trinajstić information content (AvgIpc) is 2.78. The number of carboxylic acids is 1. The van der Waals surface area contributed by atoms with E-state index in [1.54, 1.807) is 0 Å². The molecule has 1 aromatic heterocycles. The van der Waals surface area contributed by atoms with Crippen LogP contribution in [0.3, 0.4) is 0 Å². The third kappa shape index (κ3) is 2.25. The van der Waals surface area contributed by atoms with Crippen molar-refractivity contribution in [1.82, 2.24) is 9.88 Å². The van der Waals surface area contributed by atoms with Crippen LogP contribution in [-0.4, -0.2) is 39.5 Å². The lowest BCUT2D eigenvalue weighted by molar-refractivity contribution is -0.141. The van der Waals surface area contributed by atoms with Gasteiger partial charge in [-0.2, -0.15) is 4.39 Å². The smallest absolute Gasteiger partial charge is 0.326 e. The molecule has 1 fully saturated rings. The van der Waals surface area contributed by atoms with E-state index < -0.39 is 23.9 Å². The molecule has 0 saturated carbocycles. The molecule has 0 aromatic carbocycles. The lowest BCUT2D eigenvalue weighted by Gasteiger charge is -2.21. The lowest BCUT2D eigenvalue weighted by atomic mass is 10.2. The highest BCUT2D eigenvalue weighted by atomic mass is 19.1. The largest absolute Gasteiger partial charge is 0.480 e. The Labute approximate surface area is 96.9 Å². The van der Waals surface area contributed by atoms with Crippen molar-refractivity contribution >= 4 is 11.9 Å². The molecule has 90 valence electrons. The first kappa shape index (κ1) is 11.5. The number of likely N-dealkylation sites (tertiary alicyclic amines) is 1. The Morgan fingerprint density at radius 2 is 2.24 bits per heavy atom. The summed E-state index contributed by atoms with van der Waals surface area (Å²) in [5, 5.41) is 8.95. The molecule has 0 radical (unpaired) electrons. The molecule has 0 spiro atoms. The molecule has 1 aliphatic rings. The average molecular weight is 238 g/mol. The van der Waals surface area contributed by atoms with Crippen LogP contribution in [-0.2, 0) is 4.79 Å². The third-order valence-electron chi connectivity index (χ3n) is 2.77. The number of hydrogen-bond donors (Lipinski definition) is 1. The van der Waals surface area contributed by atoms with E-state index in [4.69, 9.17) is 5.11 Å². The van der Waals surface area contributed by atoms with Crippen molar-refractivity contribution in [2.24, 2.45) is 0 Å². The van der Waals surface area contributed by atoms with Crippen molar-refractivity contribution in [3.63, 3.8) is 0 Å². The molecule has 0 bridgehead atoms. The first-order valence-electron chi connectivity index (χ1n) is 5.25. The summed E-state index contributed by atoms with van der Waals surface area (Å²) >= 11 is 0. The van der Waals surface area contributed by atoms with Gasteiger partial charge < -0.3 is 10.0 Å². The molecule has 1 N–H and O–H groups in total. The molecule has 1 atom stereocenters. The third-order valence-corrected chi connectivity index (χ3v) is 2.77. The van der Waals surface area contributed by atoms with Crippen molar-refractivity contribution in [3.8, 4) is 0 Å². The zero-order valence-corrected chi connectivity index (χ0v) is 8.97. The first-order valence-corrected chi connectivity index (χ1v) is 5.25. The standard InChI is InChI=1S/C11H11FN2O3/c12-9-4-3-7(6-13-9)10(15)14-5-1-2-8(14)11(16)17/h3-4,6,8H,1-2,5H2,(H,16,17)/t8-/m0/s1. The van der Waals surface area contributed by atoms with Crippen LogP contribution < -0.4 is 0 Å². The van der Waals surface area contributed by atoms with Crippen LogP contribution in [0.15, 0.2) is 18.3 Å². The molecule has 1 aliphatic heterocycles. The van der Waals surface area contributed by atoms with E-state index in [-0.39, 0.29) is 5.56 Å². The number of aromatic nitrogens is 1. The summed E-state index contributed by atoms with van der Waals surface area (Å²) in [6, 6.07) is 1.61. The number of carbonyl (C=O) groups excluding carboxylic acids is 1. The molecule has 1 saturated heterocycles. The summed E-state index contributed by atoms with van der Waals surface area (Å²) < 4.78 is 12.6. The monoisotopic (exact) mass is 238 g/mol. The number of pyridine rings is 1. The van der Waals surface area contributed by atoms with Gasteiger partial charge in [-0.25, -0.2) is 9.78 Å². The minimum atomic E-state index is -1.01. The number of nitrogens with zero attached hydrogens (tertiary/aromatic N) is 2. The van der Waals surface area contributed by atoms with Crippen LogP contribution in [0.2, 0.25) is 0 Å². The summed E-state index contributed by atoms with van der Waals surface area (Å²) in [5.74, 6) is -2.09. The van der Waals surface area contributed by atoms with E-state index in [0.29, 0.717) is 19.4 Å². The van der Waals surface area contributed by atoms with Gasteiger partial charge in [-0.05, 0) is 25.0 Å². The van der Waals surface area contributed by atoms with Gasteiger partial charge in [-0.1, -0.05) is 0 Å². The Hall–Kier alpha value is -1.98. The van der Waals surface area contributed by atoms with Crippen LogP contribution in [0.1, 0.15) is 23.2 Å². The molecule has 1 aromatic rings. The van der Waals surface area contributed by atoms with Gasteiger partial charge in [0, 0.05) is 12.7 Å². The molecule has 6 heteroatoms. The van der Waals surface area contributed by atoms with Gasteiger partial charge in [0.05, 0.1) is 5.56 Å².